The van der Waals surface area contributed by atoms with E-state index < -0.39 is 7.14 Å². The van der Waals surface area contributed by atoms with Gasteiger partial charge in [-0.25, -0.2) is 0 Å². The summed E-state index contributed by atoms with van der Waals surface area (Å²) in [7, 11) is -1.04. The van der Waals surface area contributed by atoms with Gasteiger partial charge in [0, 0.05) is 25.3 Å². The highest BCUT2D eigenvalue weighted by Crippen LogP contribution is 2.48. The Morgan fingerprint density at radius 2 is 1.59 bits per heavy atom. The molecule has 164 valence electrons. The van der Waals surface area contributed by atoms with Crippen molar-refractivity contribution in [2.45, 2.75) is 65.2 Å². The molecule has 0 aliphatic rings. The Hall–Kier alpha value is -1.49. The second-order valence-electron chi connectivity index (χ2n) is 7.76. The summed E-state index contributed by atoms with van der Waals surface area (Å²) < 4.78 is 13.8. The third-order valence-corrected chi connectivity index (χ3v) is 7.59. The van der Waals surface area contributed by atoms with E-state index in [-0.39, 0.29) is 36.1 Å². The van der Waals surface area contributed by atoms with Gasteiger partial charge >= 0.3 is 0 Å². The Morgan fingerprint density at radius 3 is 2.14 bits per heavy atom. The smallest absolute Gasteiger partial charge is 0.156 e. The van der Waals surface area contributed by atoms with E-state index in [9.17, 15) is 14.2 Å². The van der Waals surface area contributed by atoms with Gasteiger partial charge in [0.25, 0.3) is 0 Å². The van der Waals surface area contributed by atoms with Crippen LogP contribution in [-0.2, 0) is 20.3 Å². The number of hydrogen-bond donors (Lipinski definition) is 3. The fourth-order valence-corrected chi connectivity index (χ4v) is 5.71. The molecule has 0 aliphatic carbocycles. The minimum Gasteiger partial charge on any atom is -0.388 e. The lowest BCUT2D eigenvalue weighted by Gasteiger charge is -2.23. The number of carbonyl (C=O) groups excluding carboxylic acids is 2. The van der Waals surface area contributed by atoms with Crippen molar-refractivity contribution in [2.75, 3.05) is 31.4 Å². The Kier molecular flexibility index (Phi) is 11.4. The average molecular weight is 424 g/mol. The van der Waals surface area contributed by atoms with Crippen molar-refractivity contribution in [1.82, 2.24) is 10.6 Å². The van der Waals surface area contributed by atoms with Gasteiger partial charge in [-0.3, -0.25) is 9.59 Å². The Bertz CT molecular complexity index is 691. The summed E-state index contributed by atoms with van der Waals surface area (Å²) in [6, 6.07) is 7.07. The molecule has 6 nitrogen and oxygen atoms in total. The van der Waals surface area contributed by atoms with Crippen LogP contribution in [0.4, 0.5) is 5.69 Å². The van der Waals surface area contributed by atoms with Gasteiger partial charge in [-0.05, 0) is 50.9 Å². The predicted octanol–water partition coefficient (Wildman–Crippen LogP) is 3.85. The molecule has 0 saturated heterocycles. The number of benzene rings is 1. The Balaban J connectivity index is 2.91. The van der Waals surface area contributed by atoms with Crippen LogP contribution in [0.3, 0.4) is 0 Å². The fraction of sp³-hybridized carbons (Fsp3) is 0.636. The van der Waals surface area contributed by atoms with Crippen LogP contribution in [0.25, 0.3) is 0 Å². The maximum absolute atomic E-state index is 13.8. The summed E-state index contributed by atoms with van der Waals surface area (Å²) >= 11 is 0. The number of carbonyl (C=O) groups is 2. The van der Waals surface area contributed by atoms with Crippen LogP contribution in [0.5, 0.6) is 0 Å². The van der Waals surface area contributed by atoms with E-state index in [2.05, 4.69) is 16.0 Å². The Morgan fingerprint density at radius 1 is 0.966 bits per heavy atom. The van der Waals surface area contributed by atoms with Crippen molar-refractivity contribution in [3.05, 3.63) is 29.8 Å². The molecule has 1 aromatic rings. The van der Waals surface area contributed by atoms with Crippen LogP contribution in [-0.4, -0.2) is 49.7 Å². The molecule has 0 spiro atoms. The van der Waals surface area contributed by atoms with Gasteiger partial charge in [0.2, 0.25) is 0 Å². The van der Waals surface area contributed by atoms with Gasteiger partial charge in [0.1, 0.15) is 12.9 Å². The zero-order valence-electron chi connectivity index (χ0n) is 18.6. The highest BCUT2D eigenvalue weighted by molar-refractivity contribution is 7.64. The standard InChI is InChI=1S/C22H38N3O3P/c1-6-8-21(26)17(3)25-16-29(28,15-22(27)18(4)24-13-7-2)14-19-9-11-20(23-5)12-10-19/h9-12,17-18,23-25H,6-8,13-16H2,1-5H3/t17-,18-,29?/m0/s1. The Labute approximate surface area is 176 Å². The summed E-state index contributed by atoms with van der Waals surface area (Å²) in [4.78, 5) is 24.8. The fourth-order valence-electron chi connectivity index (χ4n) is 3.05. The molecule has 1 rings (SSSR count). The summed E-state index contributed by atoms with van der Waals surface area (Å²) in [6.07, 6.45) is 2.78. The van der Waals surface area contributed by atoms with Gasteiger partial charge in [-0.1, -0.05) is 26.0 Å². The maximum atomic E-state index is 13.8. The van der Waals surface area contributed by atoms with E-state index in [0.717, 1.165) is 30.6 Å². The maximum Gasteiger partial charge on any atom is 0.156 e. The lowest BCUT2D eigenvalue weighted by Crippen LogP contribution is -2.38. The van der Waals surface area contributed by atoms with Gasteiger partial charge < -0.3 is 20.5 Å². The molecule has 1 unspecified atom stereocenters. The molecule has 0 heterocycles. The zero-order valence-corrected chi connectivity index (χ0v) is 19.5. The molecule has 7 heteroatoms. The van der Waals surface area contributed by atoms with Crippen molar-refractivity contribution in [2.24, 2.45) is 0 Å². The second-order valence-corrected chi connectivity index (χ2v) is 10.8. The predicted molar refractivity (Wildman–Crippen MR) is 122 cm³/mol. The van der Waals surface area contributed by atoms with Crippen LogP contribution >= 0.6 is 7.14 Å². The lowest BCUT2D eigenvalue weighted by molar-refractivity contribution is -0.120. The first kappa shape index (κ1) is 25.5. The van der Waals surface area contributed by atoms with E-state index in [0.29, 0.717) is 12.6 Å². The van der Waals surface area contributed by atoms with Crippen molar-refractivity contribution in [1.29, 1.82) is 0 Å². The van der Waals surface area contributed by atoms with E-state index in [1.807, 2.05) is 52.1 Å². The SMILES string of the molecule is CCCN[C@@H](C)C(=O)CP(=O)(CN[C@@H](C)C(=O)CCC)Cc1ccc(NC)cc1. The van der Waals surface area contributed by atoms with Crippen LogP contribution in [0.1, 0.15) is 52.5 Å². The molecule has 0 radical (unpaired) electrons. The minimum atomic E-state index is -2.89. The van der Waals surface area contributed by atoms with Crippen molar-refractivity contribution in [3.63, 3.8) is 0 Å². The lowest BCUT2D eigenvalue weighted by atomic mass is 10.1. The molecule has 0 aliphatic heterocycles. The number of Topliss-reactive ketones (excluding diaryl/α,β-unsaturated/α-hetero) is 2. The van der Waals surface area contributed by atoms with Crippen LogP contribution in [0, 0.1) is 0 Å². The monoisotopic (exact) mass is 423 g/mol. The number of ketones is 2. The third-order valence-electron chi connectivity index (χ3n) is 5.01. The summed E-state index contributed by atoms with van der Waals surface area (Å²) in [5.41, 5.74) is 1.91. The third kappa shape index (κ3) is 9.24. The van der Waals surface area contributed by atoms with Crippen LogP contribution in [0.2, 0.25) is 0 Å². The highest BCUT2D eigenvalue weighted by atomic mass is 31.2. The minimum absolute atomic E-state index is 0.0281. The van der Waals surface area contributed by atoms with Crippen molar-refractivity contribution in [3.8, 4) is 0 Å². The van der Waals surface area contributed by atoms with E-state index in [1.165, 1.54) is 0 Å². The number of anilines is 1. The summed E-state index contributed by atoms with van der Waals surface area (Å²) in [5.74, 6) is 0.0738. The number of hydrogen-bond acceptors (Lipinski definition) is 6. The molecule has 1 aromatic carbocycles. The van der Waals surface area contributed by atoms with Crippen LogP contribution in [0.15, 0.2) is 24.3 Å². The van der Waals surface area contributed by atoms with Crippen molar-refractivity contribution < 1.29 is 14.2 Å². The van der Waals surface area contributed by atoms with Gasteiger partial charge in [0.05, 0.1) is 24.5 Å². The molecule has 0 amide bonds. The molecule has 29 heavy (non-hydrogen) atoms. The van der Waals surface area contributed by atoms with Gasteiger partial charge in [-0.15, -0.1) is 0 Å². The quantitative estimate of drug-likeness (QED) is 0.372. The average Bonchev–Trinajstić information content (AvgIpc) is 2.70. The van der Waals surface area contributed by atoms with Gasteiger partial charge in [-0.2, -0.15) is 0 Å². The number of nitrogens with one attached hydrogen (secondary N) is 3. The second kappa shape index (κ2) is 12.9. The van der Waals surface area contributed by atoms with Crippen LogP contribution < -0.4 is 16.0 Å². The van der Waals surface area contributed by atoms with E-state index in [4.69, 9.17) is 0 Å². The highest BCUT2D eigenvalue weighted by Gasteiger charge is 2.29. The van der Waals surface area contributed by atoms with Gasteiger partial charge in [0.15, 0.2) is 5.78 Å². The molecule has 0 saturated carbocycles. The first-order valence-electron chi connectivity index (χ1n) is 10.6. The molecule has 0 fully saturated rings. The first-order chi connectivity index (χ1) is 13.7. The molecular formula is C22H38N3O3P. The van der Waals surface area contributed by atoms with E-state index >= 15 is 0 Å². The molecule has 0 aromatic heterocycles. The summed E-state index contributed by atoms with van der Waals surface area (Å²) in [6.45, 7) is 8.39. The largest absolute Gasteiger partial charge is 0.388 e. The number of rotatable bonds is 15. The molecule has 0 bridgehead atoms. The molecule has 3 N–H and O–H groups in total. The molecule has 3 atom stereocenters. The first-order valence-corrected chi connectivity index (χ1v) is 12.9. The summed E-state index contributed by atoms with van der Waals surface area (Å²) in [5, 5.41) is 9.39. The molecular weight excluding hydrogens is 385 g/mol. The topological polar surface area (TPSA) is 87.3 Å². The van der Waals surface area contributed by atoms with E-state index in [1.54, 1.807) is 6.92 Å². The van der Waals surface area contributed by atoms with Crippen molar-refractivity contribution >= 4 is 24.4 Å². The zero-order chi connectivity index (χ0) is 21.9. The normalized spacial score (nSPS) is 15.3.